The molecule has 3 fully saturated rings. The van der Waals surface area contributed by atoms with Crippen molar-refractivity contribution >= 4 is 23.1 Å². The Morgan fingerprint density at radius 2 is 1.97 bits per heavy atom. The maximum Gasteiger partial charge on any atom is 0.213 e. The number of carbonyl (C=O) groups is 4. The van der Waals surface area contributed by atoms with Gasteiger partial charge in [0.25, 0.3) is 0 Å². The monoisotopic (exact) mass is 444 g/mol. The summed E-state index contributed by atoms with van der Waals surface area (Å²) in [6, 6.07) is 4.14. The van der Waals surface area contributed by atoms with Crippen LogP contribution in [0.1, 0.15) is 53.8 Å². The number of ketones is 4. The van der Waals surface area contributed by atoms with Gasteiger partial charge in [0.2, 0.25) is 5.79 Å². The van der Waals surface area contributed by atoms with Crippen LogP contribution in [0.15, 0.2) is 18.2 Å². The lowest BCUT2D eigenvalue weighted by Gasteiger charge is -2.60. The summed E-state index contributed by atoms with van der Waals surface area (Å²) < 4.78 is 18.1. The van der Waals surface area contributed by atoms with Gasteiger partial charge in [-0.2, -0.15) is 0 Å². The lowest BCUT2D eigenvalue weighted by molar-refractivity contribution is -0.374. The molecule has 3 aliphatic heterocycles. The summed E-state index contributed by atoms with van der Waals surface area (Å²) in [5.41, 5.74) is -2.01. The van der Waals surface area contributed by atoms with Crippen LogP contribution in [-0.4, -0.2) is 70.2 Å². The van der Waals surface area contributed by atoms with E-state index in [2.05, 4.69) is 0 Å². The first-order valence-electron chi connectivity index (χ1n) is 10.7. The number of phenolic OH excluding ortho intramolecular Hbond substituents is 1. The lowest BCUT2D eigenvalue weighted by Crippen LogP contribution is -2.76. The minimum absolute atomic E-state index is 0.0246. The fraction of sp³-hybridized carbons (Fsp3) is 0.565. The van der Waals surface area contributed by atoms with E-state index in [9.17, 15) is 29.4 Å². The van der Waals surface area contributed by atoms with E-state index in [0.29, 0.717) is 6.42 Å². The van der Waals surface area contributed by atoms with Crippen LogP contribution >= 0.6 is 0 Å². The minimum Gasteiger partial charge on any atom is -0.507 e. The van der Waals surface area contributed by atoms with Crippen molar-refractivity contribution in [3.8, 4) is 5.75 Å². The van der Waals surface area contributed by atoms with E-state index in [-0.39, 0.29) is 36.4 Å². The first-order chi connectivity index (χ1) is 15.1. The van der Waals surface area contributed by atoms with Gasteiger partial charge >= 0.3 is 0 Å². The van der Waals surface area contributed by atoms with Crippen LogP contribution in [0, 0.1) is 11.3 Å². The Morgan fingerprint density at radius 3 is 2.69 bits per heavy atom. The van der Waals surface area contributed by atoms with Crippen LogP contribution in [-0.2, 0) is 23.8 Å². The third-order valence-electron chi connectivity index (χ3n) is 7.12. The molecule has 1 aliphatic carbocycles. The molecule has 2 N–H and O–H groups in total. The van der Waals surface area contributed by atoms with Gasteiger partial charge in [0.05, 0.1) is 35.2 Å². The van der Waals surface area contributed by atoms with Crippen LogP contribution in [0.25, 0.3) is 0 Å². The fourth-order valence-electron chi connectivity index (χ4n) is 6.11. The van der Waals surface area contributed by atoms with E-state index in [1.165, 1.54) is 25.1 Å². The number of aliphatic hydroxyl groups is 1. The Hall–Kier alpha value is -2.46. The predicted molar refractivity (Wildman–Crippen MR) is 106 cm³/mol. The molecular formula is C23H24O9. The quantitative estimate of drug-likeness (QED) is 0.684. The standard InChI is InChI=1S/C23H24O9/c1-10(24)9-22-18(17(27)16-12(19(22)28)4-3-5-13(16)25)23(32-15-6-7-30-21(15)22)20(29)14(26)8-11(2)31-23/h3-5,11,15,18,20-21,25,29H,6-9H2,1-2H3/t11-,15+,18+,20-,21-,22+,23+/m0/s1. The van der Waals surface area contributed by atoms with Crippen LogP contribution in [0.3, 0.4) is 0 Å². The molecule has 9 heteroatoms. The number of aromatic hydroxyl groups is 1. The molecule has 4 aliphatic rings. The molecule has 9 nitrogen and oxygen atoms in total. The molecule has 3 saturated heterocycles. The molecule has 0 aromatic heterocycles. The first-order valence-corrected chi connectivity index (χ1v) is 10.7. The van der Waals surface area contributed by atoms with E-state index in [0.717, 1.165) is 0 Å². The fourth-order valence-corrected chi connectivity index (χ4v) is 6.11. The van der Waals surface area contributed by atoms with E-state index in [4.69, 9.17) is 14.2 Å². The van der Waals surface area contributed by atoms with Crippen molar-refractivity contribution in [3.05, 3.63) is 29.3 Å². The summed E-state index contributed by atoms with van der Waals surface area (Å²) in [5.74, 6) is -6.39. The summed E-state index contributed by atoms with van der Waals surface area (Å²) in [6.07, 6.45) is -4.37. The molecule has 170 valence electrons. The number of hydrogen-bond donors (Lipinski definition) is 2. The van der Waals surface area contributed by atoms with E-state index < -0.39 is 64.6 Å². The molecule has 1 aromatic carbocycles. The highest BCUT2D eigenvalue weighted by Gasteiger charge is 2.75. The number of aliphatic hydroxyl groups excluding tert-OH is 1. The zero-order chi connectivity index (χ0) is 23.0. The Kier molecular flexibility index (Phi) is 4.69. The Balaban J connectivity index is 1.84. The van der Waals surface area contributed by atoms with Crippen molar-refractivity contribution in [2.24, 2.45) is 11.3 Å². The molecular weight excluding hydrogens is 420 g/mol. The van der Waals surface area contributed by atoms with Gasteiger partial charge in [-0.15, -0.1) is 0 Å². The number of benzene rings is 1. The molecule has 1 spiro atoms. The third-order valence-corrected chi connectivity index (χ3v) is 7.12. The maximum atomic E-state index is 14.1. The molecule has 7 atom stereocenters. The van der Waals surface area contributed by atoms with Gasteiger partial charge in [0.15, 0.2) is 23.5 Å². The highest BCUT2D eigenvalue weighted by atomic mass is 16.7. The molecule has 0 saturated carbocycles. The summed E-state index contributed by atoms with van der Waals surface area (Å²) in [5, 5.41) is 21.5. The molecule has 0 amide bonds. The molecule has 32 heavy (non-hydrogen) atoms. The van der Waals surface area contributed by atoms with Crippen molar-refractivity contribution < 1.29 is 43.6 Å². The van der Waals surface area contributed by atoms with Crippen molar-refractivity contribution in [3.63, 3.8) is 0 Å². The second-order valence-electron chi connectivity index (χ2n) is 9.20. The zero-order valence-electron chi connectivity index (χ0n) is 17.7. The molecule has 0 radical (unpaired) electrons. The van der Waals surface area contributed by atoms with E-state index in [1.807, 2.05) is 0 Å². The Bertz CT molecular complexity index is 1050. The van der Waals surface area contributed by atoms with Crippen LogP contribution < -0.4 is 0 Å². The number of phenols is 1. The van der Waals surface area contributed by atoms with E-state index >= 15 is 0 Å². The largest absolute Gasteiger partial charge is 0.507 e. The van der Waals surface area contributed by atoms with Crippen molar-refractivity contribution in [2.75, 3.05) is 6.61 Å². The van der Waals surface area contributed by atoms with Crippen LogP contribution in [0.2, 0.25) is 0 Å². The highest BCUT2D eigenvalue weighted by Crippen LogP contribution is 2.60. The first kappa shape index (κ1) is 21.4. The number of carbonyl (C=O) groups excluding carboxylic acids is 4. The molecule has 3 heterocycles. The number of ether oxygens (including phenoxy) is 3. The number of rotatable bonds is 2. The Morgan fingerprint density at radius 1 is 1.22 bits per heavy atom. The van der Waals surface area contributed by atoms with Crippen molar-refractivity contribution in [1.29, 1.82) is 0 Å². The van der Waals surface area contributed by atoms with Gasteiger partial charge in [0, 0.05) is 25.0 Å². The number of hydrogen-bond acceptors (Lipinski definition) is 9. The van der Waals surface area contributed by atoms with Crippen LogP contribution in [0.5, 0.6) is 5.75 Å². The van der Waals surface area contributed by atoms with Gasteiger partial charge in [-0.3, -0.25) is 19.2 Å². The maximum absolute atomic E-state index is 14.1. The molecule has 0 unspecified atom stereocenters. The minimum atomic E-state index is -2.17. The predicted octanol–water partition coefficient (Wildman–Crippen LogP) is 0.976. The van der Waals surface area contributed by atoms with Crippen molar-refractivity contribution in [2.45, 2.75) is 63.3 Å². The second-order valence-corrected chi connectivity index (χ2v) is 9.20. The summed E-state index contributed by atoms with van der Waals surface area (Å²) in [7, 11) is 0. The average Bonchev–Trinajstić information content (AvgIpc) is 3.18. The Labute approximate surface area is 183 Å². The smallest absolute Gasteiger partial charge is 0.213 e. The van der Waals surface area contributed by atoms with Crippen molar-refractivity contribution in [1.82, 2.24) is 0 Å². The average molecular weight is 444 g/mol. The zero-order valence-corrected chi connectivity index (χ0v) is 17.7. The van der Waals surface area contributed by atoms with Gasteiger partial charge < -0.3 is 24.4 Å². The van der Waals surface area contributed by atoms with Gasteiger partial charge in [0.1, 0.15) is 11.5 Å². The lowest BCUT2D eigenvalue weighted by atomic mass is 9.52. The van der Waals surface area contributed by atoms with Gasteiger partial charge in [-0.05, 0) is 26.3 Å². The SMILES string of the molecule is CC(=O)C[C@]12C(=O)c3cccc(O)c3C(=O)[C@H]1[C@@]1(O[C@@H](C)CC(=O)[C@@H]1O)O[C@@H]1CCO[C@@H]12. The molecule has 1 aromatic rings. The molecule has 5 rings (SSSR count). The normalized spacial score (nSPS) is 40.7. The topological polar surface area (TPSA) is 136 Å². The van der Waals surface area contributed by atoms with Crippen LogP contribution in [0.4, 0.5) is 0 Å². The third kappa shape index (κ3) is 2.59. The summed E-state index contributed by atoms with van der Waals surface area (Å²) in [4.78, 5) is 53.2. The molecule has 0 bridgehead atoms. The summed E-state index contributed by atoms with van der Waals surface area (Å²) >= 11 is 0. The van der Waals surface area contributed by atoms with Gasteiger partial charge in [-0.1, -0.05) is 12.1 Å². The summed E-state index contributed by atoms with van der Waals surface area (Å²) in [6.45, 7) is 3.13. The second kappa shape index (κ2) is 7.02. The van der Waals surface area contributed by atoms with Gasteiger partial charge in [-0.25, -0.2) is 0 Å². The number of fused-ring (bicyclic) bond motifs is 5. The number of Topliss-reactive ketones (excluding diaryl/α,β-unsaturated/α-hetero) is 4. The highest BCUT2D eigenvalue weighted by molar-refractivity contribution is 6.20. The van der Waals surface area contributed by atoms with E-state index in [1.54, 1.807) is 6.92 Å².